The molecule has 0 spiro atoms. The van der Waals surface area contributed by atoms with Gasteiger partial charge in [0, 0.05) is 13.0 Å². The predicted octanol–water partition coefficient (Wildman–Crippen LogP) is 4.44. The Morgan fingerprint density at radius 3 is 2.78 bits per heavy atom. The molecule has 2 fully saturated rings. The summed E-state index contributed by atoms with van der Waals surface area (Å²) in [7, 11) is 0. The Balaban J connectivity index is 1.69. The van der Waals surface area contributed by atoms with E-state index in [1.54, 1.807) is 0 Å². The van der Waals surface area contributed by atoms with Gasteiger partial charge in [-0.3, -0.25) is 0 Å². The van der Waals surface area contributed by atoms with Crippen LogP contribution in [0.25, 0.3) is 0 Å². The highest BCUT2D eigenvalue weighted by molar-refractivity contribution is 4.98. The molecule has 104 valence electrons. The lowest BCUT2D eigenvalue weighted by Crippen LogP contribution is -2.25. The van der Waals surface area contributed by atoms with Gasteiger partial charge in [0.1, 0.15) is 0 Å². The molecule has 18 heavy (non-hydrogen) atoms. The van der Waals surface area contributed by atoms with Crippen LogP contribution in [0.15, 0.2) is 11.6 Å². The summed E-state index contributed by atoms with van der Waals surface area (Å²) in [6, 6.07) is 0. The van der Waals surface area contributed by atoms with E-state index in [0.717, 1.165) is 25.4 Å². The molecular formula is C16H28O2. The van der Waals surface area contributed by atoms with Crippen LogP contribution in [0.4, 0.5) is 0 Å². The van der Waals surface area contributed by atoms with Gasteiger partial charge in [0.25, 0.3) is 0 Å². The standard InChI is InChI=1S/C16H28O2/c1-13(2)6-4-7-14(3)12-16(9-10-16)18-15-8-5-11-17-15/h6,14-15H,4-5,7-12H2,1-3H3. The molecule has 1 aliphatic carbocycles. The molecule has 2 unspecified atom stereocenters. The average molecular weight is 252 g/mol. The van der Waals surface area contributed by atoms with E-state index in [9.17, 15) is 0 Å². The van der Waals surface area contributed by atoms with Crippen molar-refractivity contribution in [3.63, 3.8) is 0 Å². The maximum Gasteiger partial charge on any atom is 0.158 e. The molecule has 2 nitrogen and oxygen atoms in total. The summed E-state index contributed by atoms with van der Waals surface area (Å²) in [5, 5.41) is 0. The van der Waals surface area contributed by atoms with Gasteiger partial charge in [-0.1, -0.05) is 18.6 Å². The molecule has 2 aliphatic rings. The molecular weight excluding hydrogens is 224 g/mol. The number of rotatable bonds is 7. The first-order valence-corrected chi connectivity index (χ1v) is 7.52. The van der Waals surface area contributed by atoms with Crippen LogP contribution in [-0.4, -0.2) is 18.5 Å². The lowest BCUT2D eigenvalue weighted by atomic mass is 9.96. The van der Waals surface area contributed by atoms with Gasteiger partial charge in [-0.15, -0.1) is 0 Å². The highest BCUT2D eigenvalue weighted by Crippen LogP contribution is 2.47. The number of hydrogen-bond acceptors (Lipinski definition) is 2. The monoisotopic (exact) mass is 252 g/mol. The van der Waals surface area contributed by atoms with Crippen molar-refractivity contribution in [3.05, 3.63) is 11.6 Å². The third kappa shape index (κ3) is 4.40. The molecule has 2 heteroatoms. The van der Waals surface area contributed by atoms with Crippen molar-refractivity contribution in [1.29, 1.82) is 0 Å². The number of allylic oxidation sites excluding steroid dienone is 2. The lowest BCUT2D eigenvalue weighted by Gasteiger charge is -2.24. The quantitative estimate of drug-likeness (QED) is 0.623. The second kappa shape index (κ2) is 6.21. The summed E-state index contributed by atoms with van der Waals surface area (Å²) in [4.78, 5) is 0. The first-order valence-electron chi connectivity index (χ1n) is 7.52. The summed E-state index contributed by atoms with van der Waals surface area (Å²) in [6.45, 7) is 7.59. The summed E-state index contributed by atoms with van der Waals surface area (Å²) in [5.41, 5.74) is 1.61. The third-order valence-electron chi connectivity index (χ3n) is 4.01. The van der Waals surface area contributed by atoms with Gasteiger partial charge in [0.2, 0.25) is 0 Å². The van der Waals surface area contributed by atoms with Crippen molar-refractivity contribution < 1.29 is 9.47 Å². The molecule has 0 bridgehead atoms. The van der Waals surface area contributed by atoms with Crippen LogP contribution in [0.2, 0.25) is 0 Å². The number of ether oxygens (including phenoxy) is 2. The van der Waals surface area contributed by atoms with E-state index in [1.807, 2.05) is 0 Å². The second-order valence-corrected chi connectivity index (χ2v) is 6.41. The van der Waals surface area contributed by atoms with E-state index >= 15 is 0 Å². The van der Waals surface area contributed by atoms with Crippen molar-refractivity contribution in [2.24, 2.45) is 5.92 Å². The topological polar surface area (TPSA) is 18.5 Å². The van der Waals surface area contributed by atoms with Crippen LogP contribution in [0, 0.1) is 5.92 Å². The summed E-state index contributed by atoms with van der Waals surface area (Å²) in [5.74, 6) is 0.754. The average Bonchev–Trinajstić information content (AvgIpc) is 2.84. The van der Waals surface area contributed by atoms with Gasteiger partial charge in [-0.25, -0.2) is 0 Å². The van der Waals surface area contributed by atoms with E-state index in [1.165, 1.54) is 37.7 Å². The molecule has 0 radical (unpaired) electrons. The van der Waals surface area contributed by atoms with Crippen molar-refractivity contribution in [3.8, 4) is 0 Å². The molecule has 2 atom stereocenters. The van der Waals surface area contributed by atoms with Crippen molar-refractivity contribution in [2.75, 3.05) is 6.61 Å². The maximum atomic E-state index is 6.17. The SMILES string of the molecule is CC(C)=CCCC(C)CC1(OC2CCCO2)CC1. The van der Waals surface area contributed by atoms with E-state index < -0.39 is 0 Å². The number of hydrogen-bond donors (Lipinski definition) is 0. The Bertz CT molecular complexity index is 281. The van der Waals surface area contributed by atoms with Crippen LogP contribution in [0.3, 0.4) is 0 Å². The van der Waals surface area contributed by atoms with Gasteiger partial charge in [0.15, 0.2) is 6.29 Å². The van der Waals surface area contributed by atoms with E-state index in [2.05, 4.69) is 26.8 Å². The van der Waals surface area contributed by atoms with Crippen LogP contribution in [-0.2, 0) is 9.47 Å². The van der Waals surface area contributed by atoms with Crippen LogP contribution in [0.5, 0.6) is 0 Å². The molecule has 1 saturated carbocycles. The molecule has 2 rings (SSSR count). The minimum Gasteiger partial charge on any atom is -0.353 e. The van der Waals surface area contributed by atoms with Gasteiger partial charge in [-0.05, 0) is 58.3 Å². The molecule has 0 aromatic carbocycles. The van der Waals surface area contributed by atoms with Crippen LogP contribution >= 0.6 is 0 Å². The van der Waals surface area contributed by atoms with Crippen LogP contribution < -0.4 is 0 Å². The first kappa shape index (κ1) is 14.1. The molecule has 1 saturated heterocycles. The third-order valence-corrected chi connectivity index (χ3v) is 4.01. The Morgan fingerprint density at radius 2 is 2.22 bits per heavy atom. The van der Waals surface area contributed by atoms with Crippen molar-refractivity contribution in [1.82, 2.24) is 0 Å². The Labute approximate surface area is 112 Å². The molecule has 1 heterocycles. The summed E-state index contributed by atoms with van der Waals surface area (Å²) >= 11 is 0. The highest BCUT2D eigenvalue weighted by Gasteiger charge is 2.46. The fourth-order valence-electron chi connectivity index (χ4n) is 2.82. The summed E-state index contributed by atoms with van der Waals surface area (Å²) in [6.07, 6.45) is 10.9. The zero-order chi connectivity index (χ0) is 13.0. The zero-order valence-corrected chi connectivity index (χ0v) is 12.2. The highest BCUT2D eigenvalue weighted by atomic mass is 16.7. The molecule has 0 aromatic heterocycles. The molecule has 0 aromatic rings. The molecule has 0 amide bonds. The minimum absolute atomic E-state index is 0.0949. The smallest absolute Gasteiger partial charge is 0.158 e. The van der Waals surface area contributed by atoms with Gasteiger partial charge < -0.3 is 9.47 Å². The van der Waals surface area contributed by atoms with Gasteiger partial charge in [0.05, 0.1) is 5.60 Å². The van der Waals surface area contributed by atoms with Crippen molar-refractivity contribution >= 4 is 0 Å². The Morgan fingerprint density at radius 1 is 1.44 bits per heavy atom. The first-order chi connectivity index (χ1) is 8.60. The molecule has 0 N–H and O–H groups in total. The second-order valence-electron chi connectivity index (χ2n) is 6.41. The fourth-order valence-corrected chi connectivity index (χ4v) is 2.82. The minimum atomic E-state index is 0.0949. The van der Waals surface area contributed by atoms with Crippen molar-refractivity contribution in [2.45, 2.75) is 77.6 Å². The largest absolute Gasteiger partial charge is 0.353 e. The fraction of sp³-hybridized carbons (Fsp3) is 0.875. The summed E-state index contributed by atoms with van der Waals surface area (Å²) < 4.78 is 11.8. The van der Waals surface area contributed by atoms with Crippen LogP contribution in [0.1, 0.15) is 65.7 Å². The zero-order valence-electron chi connectivity index (χ0n) is 12.2. The molecule has 1 aliphatic heterocycles. The lowest BCUT2D eigenvalue weighted by molar-refractivity contribution is -0.159. The Kier molecular flexibility index (Phi) is 4.85. The maximum absolute atomic E-state index is 6.17. The van der Waals surface area contributed by atoms with Gasteiger partial charge >= 0.3 is 0 Å². The van der Waals surface area contributed by atoms with E-state index in [4.69, 9.17) is 9.47 Å². The predicted molar refractivity (Wildman–Crippen MR) is 74.5 cm³/mol. The Hall–Kier alpha value is -0.340. The van der Waals surface area contributed by atoms with E-state index in [0.29, 0.717) is 0 Å². The normalized spacial score (nSPS) is 26.9. The van der Waals surface area contributed by atoms with Gasteiger partial charge in [-0.2, -0.15) is 0 Å². The van der Waals surface area contributed by atoms with E-state index in [-0.39, 0.29) is 11.9 Å².